The van der Waals surface area contributed by atoms with Gasteiger partial charge in [0.15, 0.2) is 0 Å². The second-order valence-electron chi connectivity index (χ2n) is 5.38. The molecular formula is C18H21Cl2NO2. The van der Waals surface area contributed by atoms with Gasteiger partial charge in [0.05, 0.1) is 10.6 Å². The summed E-state index contributed by atoms with van der Waals surface area (Å²) in [6.07, 6.45) is -0.211. The summed E-state index contributed by atoms with van der Waals surface area (Å²) in [5.74, 6) is -0.383. The van der Waals surface area contributed by atoms with Crippen LogP contribution in [-0.4, -0.2) is 30.6 Å². The van der Waals surface area contributed by atoms with Crippen molar-refractivity contribution in [2.24, 2.45) is 0 Å². The summed E-state index contributed by atoms with van der Waals surface area (Å²) in [6, 6.07) is 17.1. The van der Waals surface area contributed by atoms with E-state index in [2.05, 4.69) is 17.0 Å². The Morgan fingerprint density at radius 3 is 2.39 bits per heavy atom. The minimum Gasteiger partial charge on any atom is -0.458 e. The average molecular weight is 354 g/mol. The van der Waals surface area contributed by atoms with Gasteiger partial charge in [-0.3, -0.25) is 4.90 Å². The molecule has 2 aromatic carbocycles. The first-order chi connectivity index (χ1) is 10.6. The van der Waals surface area contributed by atoms with E-state index in [4.69, 9.17) is 16.3 Å². The molecule has 0 saturated carbocycles. The number of ether oxygens (including phenoxy) is 1. The Morgan fingerprint density at radius 1 is 1.13 bits per heavy atom. The minimum atomic E-state index is -0.383. The van der Waals surface area contributed by atoms with Gasteiger partial charge in [-0.2, -0.15) is 0 Å². The summed E-state index contributed by atoms with van der Waals surface area (Å²) in [4.78, 5) is 14.2. The predicted molar refractivity (Wildman–Crippen MR) is 96.4 cm³/mol. The molecule has 2 aromatic rings. The molecule has 0 heterocycles. The van der Waals surface area contributed by atoms with Crippen molar-refractivity contribution >= 4 is 30.0 Å². The predicted octanol–water partition coefficient (Wildman–Crippen LogP) is 4.44. The fraction of sp³-hybridized carbons (Fsp3) is 0.278. The molecule has 0 bridgehead atoms. The van der Waals surface area contributed by atoms with E-state index >= 15 is 0 Å². The van der Waals surface area contributed by atoms with Gasteiger partial charge in [-0.05, 0) is 31.7 Å². The maximum atomic E-state index is 12.1. The minimum absolute atomic E-state index is 0. The van der Waals surface area contributed by atoms with Gasteiger partial charge in [-0.25, -0.2) is 4.79 Å². The highest BCUT2D eigenvalue weighted by Gasteiger charge is 2.16. The number of hydrogen-bond donors (Lipinski definition) is 0. The van der Waals surface area contributed by atoms with Crippen molar-refractivity contribution < 1.29 is 9.53 Å². The Hall–Kier alpha value is -1.55. The third kappa shape index (κ3) is 6.22. The highest BCUT2D eigenvalue weighted by atomic mass is 35.5. The SMILES string of the molecule is CC(CN(C)Cc1ccccc1)OC(=O)c1ccccc1Cl.Cl. The summed E-state index contributed by atoms with van der Waals surface area (Å²) < 4.78 is 5.46. The van der Waals surface area contributed by atoms with Crippen LogP contribution in [0.4, 0.5) is 0 Å². The van der Waals surface area contributed by atoms with E-state index in [0.29, 0.717) is 17.1 Å². The van der Waals surface area contributed by atoms with Crippen molar-refractivity contribution in [2.75, 3.05) is 13.6 Å². The molecule has 0 fully saturated rings. The summed E-state index contributed by atoms with van der Waals surface area (Å²) in [7, 11) is 2.01. The zero-order valence-corrected chi connectivity index (χ0v) is 14.8. The van der Waals surface area contributed by atoms with Gasteiger partial charge in [0.25, 0.3) is 0 Å². The quantitative estimate of drug-likeness (QED) is 0.719. The Bertz CT molecular complexity index is 619. The van der Waals surface area contributed by atoms with Crippen LogP contribution in [0.15, 0.2) is 54.6 Å². The van der Waals surface area contributed by atoms with E-state index in [-0.39, 0.29) is 24.5 Å². The van der Waals surface area contributed by atoms with Crippen molar-refractivity contribution in [3.63, 3.8) is 0 Å². The third-order valence-corrected chi connectivity index (χ3v) is 3.60. The Labute approximate surface area is 148 Å². The first-order valence-electron chi connectivity index (χ1n) is 7.24. The molecule has 23 heavy (non-hydrogen) atoms. The van der Waals surface area contributed by atoms with Gasteiger partial charge in [-0.15, -0.1) is 12.4 Å². The summed E-state index contributed by atoms with van der Waals surface area (Å²) in [5.41, 5.74) is 1.64. The molecule has 0 radical (unpaired) electrons. The molecule has 5 heteroatoms. The molecule has 3 nitrogen and oxygen atoms in total. The van der Waals surface area contributed by atoms with Crippen LogP contribution in [0.25, 0.3) is 0 Å². The number of benzene rings is 2. The molecule has 124 valence electrons. The average Bonchev–Trinajstić information content (AvgIpc) is 2.48. The molecule has 0 aliphatic rings. The Kier molecular flexibility index (Phi) is 8.10. The fourth-order valence-electron chi connectivity index (χ4n) is 2.31. The van der Waals surface area contributed by atoms with E-state index in [1.54, 1.807) is 24.3 Å². The smallest absolute Gasteiger partial charge is 0.339 e. The van der Waals surface area contributed by atoms with E-state index in [0.717, 1.165) is 6.54 Å². The molecule has 0 spiro atoms. The van der Waals surface area contributed by atoms with E-state index < -0.39 is 0 Å². The fourth-order valence-corrected chi connectivity index (χ4v) is 2.52. The van der Waals surface area contributed by atoms with Crippen molar-refractivity contribution in [3.05, 3.63) is 70.7 Å². The molecule has 0 amide bonds. The lowest BCUT2D eigenvalue weighted by molar-refractivity contribution is 0.0268. The van der Waals surface area contributed by atoms with Crippen molar-refractivity contribution in [1.29, 1.82) is 0 Å². The molecule has 0 aliphatic heterocycles. The van der Waals surface area contributed by atoms with Gasteiger partial charge in [0, 0.05) is 13.1 Å². The molecule has 2 rings (SSSR count). The highest BCUT2D eigenvalue weighted by molar-refractivity contribution is 6.33. The maximum absolute atomic E-state index is 12.1. The lowest BCUT2D eigenvalue weighted by Crippen LogP contribution is -2.30. The van der Waals surface area contributed by atoms with Gasteiger partial charge in [-0.1, -0.05) is 54.1 Å². The second-order valence-corrected chi connectivity index (χ2v) is 5.79. The maximum Gasteiger partial charge on any atom is 0.339 e. The molecular weight excluding hydrogens is 333 g/mol. The number of hydrogen-bond acceptors (Lipinski definition) is 3. The van der Waals surface area contributed by atoms with Crippen molar-refractivity contribution in [3.8, 4) is 0 Å². The number of rotatable bonds is 6. The monoisotopic (exact) mass is 353 g/mol. The second kappa shape index (κ2) is 9.56. The topological polar surface area (TPSA) is 29.5 Å². The van der Waals surface area contributed by atoms with E-state index in [9.17, 15) is 4.79 Å². The summed E-state index contributed by atoms with van der Waals surface area (Å²) >= 11 is 6.00. The molecule has 1 unspecified atom stereocenters. The summed E-state index contributed by atoms with van der Waals surface area (Å²) in [5, 5.41) is 0.414. The van der Waals surface area contributed by atoms with Gasteiger partial charge >= 0.3 is 5.97 Å². The largest absolute Gasteiger partial charge is 0.458 e. The molecule has 0 saturated heterocycles. The van der Waals surface area contributed by atoms with Crippen LogP contribution in [0.3, 0.4) is 0 Å². The van der Waals surface area contributed by atoms with E-state index in [1.165, 1.54) is 5.56 Å². The highest BCUT2D eigenvalue weighted by Crippen LogP contribution is 2.16. The Balaban J connectivity index is 0.00000264. The van der Waals surface area contributed by atoms with Gasteiger partial charge < -0.3 is 4.74 Å². The van der Waals surface area contributed by atoms with Crippen LogP contribution in [0.2, 0.25) is 5.02 Å². The van der Waals surface area contributed by atoms with Crippen LogP contribution < -0.4 is 0 Å². The lowest BCUT2D eigenvalue weighted by Gasteiger charge is -2.21. The zero-order valence-electron chi connectivity index (χ0n) is 13.2. The first-order valence-corrected chi connectivity index (χ1v) is 7.62. The van der Waals surface area contributed by atoms with Gasteiger partial charge in [0.1, 0.15) is 6.10 Å². The Morgan fingerprint density at radius 2 is 1.74 bits per heavy atom. The molecule has 0 N–H and O–H groups in total. The number of carbonyl (C=O) groups excluding carboxylic acids is 1. The number of nitrogens with zero attached hydrogens (tertiary/aromatic N) is 1. The third-order valence-electron chi connectivity index (χ3n) is 3.27. The first kappa shape index (κ1) is 19.5. The van der Waals surface area contributed by atoms with Crippen LogP contribution >= 0.6 is 24.0 Å². The van der Waals surface area contributed by atoms with Crippen molar-refractivity contribution in [2.45, 2.75) is 19.6 Å². The van der Waals surface area contributed by atoms with Crippen molar-refractivity contribution in [1.82, 2.24) is 4.90 Å². The van der Waals surface area contributed by atoms with Crippen LogP contribution in [0.5, 0.6) is 0 Å². The standard InChI is InChI=1S/C18H20ClNO2.ClH/c1-14(12-20(2)13-15-8-4-3-5-9-15)22-18(21)16-10-6-7-11-17(16)19;/h3-11,14H,12-13H2,1-2H3;1H. The van der Waals surface area contributed by atoms with Crippen LogP contribution in [-0.2, 0) is 11.3 Å². The number of halogens is 2. The molecule has 1 atom stereocenters. The van der Waals surface area contributed by atoms with E-state index in [1.807, 2.05) is 32.2 Å². The summed E-state index contributed by atoms with van der Waals surface area (Å²) in [6.45, 7) is 3.36. The number of carbonyl (C=O) groups is 1. The normalized spacial score (nSPS) is 11.7. The lowest BCUT2D eigenvalue weighted by atomic mass is 10.2. The number of likely N-dealkylation sites (N-methyl/N-ethyl adjacent to an activating group) is 1. The molecule has 0 aliphatic carbocycles. The van der Waals surface area contributed by atoms with Gasteiger partial charge in [0.2, 0.25) is 0 Å². The van der Waals surface area contributed by atoms with Crippen LogP contribution in [0.1, 0.15) is 22.8 Å². The molecule has 0 aromatic heterocycles. The van der Waals surface area contributed by atoms with Crippen LogP contribution in [0, 0.1) is 0 Å². The zero-order chi connectivity index (χ0) is 15.9. The number of esters is 1.